The molecule has 1 aliphatic rings. The number of benzene rings is 1. The minimum absolute atomic E-state index is 0.151. The molecule has 2 rings (SSSR count). The summed E-state index contributed by atoms with van der Waals surface area (Å²) in [5.41, 5.74) is 7.52. The first-order valence-corrected chi connectivity index (χ1v) is 6.90. The van der Waals surface area contributed by atoms with E-state index in [0.29, 0.717) is 6.04 Å². The van der Waals surface area contributed by atoms with Crippen molar-refractivity contribution in [1.29, 1.82) is 0 Å². The molecule has 1 unspecified atom stereocenters. The fourth-order valence-corrected chi connectivity index (χ4v) is 2.62. The third-order valence-electron chi connectivity index (χ3n) is 3.64. The second-order valence-electron chi connectivity index (χ2n) is 5.13. The zero-order chi connectivity index (χ0) is 11.9. The summed E-state index contributed by atoms with van der Waals surface area (Å²) in [4.78, 5) is 0. The lowest BCUT2D eigenvalue weighted by atomic mass is 9.95. The summed E-state index contributed by atoms with van der Waals surface area (Å²) in [6.07, 6.45) is 8.99. The maximum Gasteiger partial charge on any atom is 0.0551 e. The van der Waals surface area contributed by atoms with E-state index in [1.807, 2.05) is 0 Å². The number of nitrogens with two attached hydrogens (primary N) is 1. The molecule has 0 amide bonds. The molecule has 0 heterocycles. The van der Waals surface area contributed by atoms with E-state index in [4.69, 9.17) is 5.73 Å². The molecule has 0 aliphatic heterocycles. The largest absolute Gasteiger partial charge is 0.316 e. The van der Waals surface area contributed by atoms with Crippen LogP contribution in [0.5, 0.6) is 0 Å². The van der Waals surface area contributed by atoms with Crippen LogP contribution in [-0.2, 0) is 6.42 Å². The van der Waals surface area contributed by atoms with Gasteiger partial charge in [-0.15, -0.1) is 0 Å². The molecule has 1 aromatic carbocycles. The lowest BCUT2D eigenvalue weighted by molar-refractivity contribution is 0.330. The lowest BCUT2D eigenvalue weighted by Crippen LogP contribution is -2.45. The Bertz CT molecular complexity index is 304. The van der Waals surface area contributed by atoms with Gasteiger partial charge in [0.1, 0.15) is 0 Å². The maximum atomic E-state index is 6.14. The smallest absolute Gasteiger partial charge is 0.0551 e. The molecule has 2 nitrogen and oxygen atoms in total. The predicted molar refractivity (Wildman–Crippen MR) is 72.7 cm³/mol. The van der Waals surface area contributed by atoms with Crippen molar-refractivity contribution >= 4 is 0 Å². The average molecular weight is 232 g/mol. The summed E-state index contributed by atoms with van der Waals surface area (Å²) in [7, 11) is 0. The van der Waals surface area contributed by atoms with E-state index in [1.165, 1.54) is 37.7 Å². The molecule has 0 radical (unpaired) electrons. The molecule has 0 spiro atoms. The van der Waals surface area contributed by atoms with Crippen LogP contribution in [0, 0.1) is 0 Å². The van der Waals surface area contributed by atoms with E-state index in [1.54, 1.807) is 0 Å². The summed E-state index contributed by atoms with van der Waals surface area (Å²) >= 11 is 0. The number of rotatable bonds is 5. The highest BCUT2D eigenvalue weighted by atomic mass is 15.0. The molecule has 0 saturated heterocycles. The average Bonchev–Trinajstić information content (AvgIpc) is 2.39. The molecule has 0 aromatic heterocycles. The Hall–Kier alpha value is -0.860. The first-order chi connectivity index (χ1) is 8.34. The monoisotopic (exact) mass is 232 g/mol. The van der Waals surface area contributed by atoms with Gasteiger partial charge in [0.05, 0.1) is 6.17 Å². The normalized spacial score (nSPS) is 19.1. The third kappa shape index (κ3) is 4.49. The van der Waals surface area contributed by atoms with Gasteiger partial charge in [0, 0.05) is 6.04 Å². The van der Waals surface area contributed by atoms with E-state index in [2.05, 4.69) is 35.6 Å². The van der Waals surface area contributed by atoms with Crippen LogP contribution in [0.4, 0.5) is 0 Å². The van der Waals surface area contributed by atoms with E-state index >= 15 is 0 Å². The highest BCUT2D eigenvalue weighted by Gasteiger charge is 2.15. The second-order valence-corrected chi connectivity index (χ2v) is 5.13. The molecule has 1 aliphatic carbocycles. The third-order valence-corrected chi connectivity index (χ3v) is 3.64. The van der Waals surface area contributed by atoms with Crippen molar-refractivity contribution in [2.45, 2.75) is 57.2 Å². The Kier molecular flexibility index (Phi) is 5.02. The highest BCUT2D eigenvalue weighted by molar-refractivity contribution is 5.14. The van der Waals surface area contributed by atoms with Crippen molar-refractivity contribution in [2.24, 2.45) is 5.73 Å². The number of nitrogens with one attached hydrogen (secondary N) is 1. The fourth-order valence-electron chi connectivity index (χ4n) is 2.62. The van der Waals surface area contributed by atoms with Gasteiger partial charge < -0.3 is 5.73 Å². The molecule has 3 N–H and O–H groups in total. The first-order valence-electron chi connectivity index (χ1n) is 6.90. The van der Waals surface area contributed by atoms with Crippen LogP contribution in [0.3, 0.4) is 0 Å². The quantitative estimate of drug-likeness (QED) is 0.766. The molecule has 1 fully saturated rings. The van der Waals surface area contributed by atoms with E-state index in [9.17, 15) is 0 Å². The lowest BCUT2D eigenvalue weighted by Gasteiger charge is -2.26. The number of hydrogen-bond donors (Lipinski definition) is 2. The Morgan fingerprint density at radius 3 is 2.53 bits per heavy atom. The van der Waals surface area contributed by atoms with Gasteiger partial charge in [-0.05, 0) is 31.2 Å². The molecule has 0 bridgehead atoms. The van der Waals surface area contributed by atoms with Crippen LogP contribution < -0.4 is 11.1 Å². The molecule has 17 heavy (non-hydrogen) atoms. The van der Waals surface area contributed by atoms with Gasteiger partial charge in [-0.25, -0.2) is 0 Å². The SMILES string of the molecule is NC(CCc1ccccc1)NC1CCCCC1. The summed E-state index contributed by atoms with van der Waals surface area (Å²) in [5.74, 6) is 0. The minimum Gasteiger partial charge on any atom is -0.316 e. The molecule has 1 saturated carbocycles. The van der Waals surface area contributed by atoms with Gasteiger partial charge in [0.2, 0.25) is 0 Å². The highest BCUT2D eigenvalue weighted by Crippen LogP contribution is 2.17. The van der Waals surface area contributed by atoms with Crippen LogP contribution >= 0.6 is 0 Å². The van der Waals surface area contributed by atoms with Crippen molar-refractivity contribution in [3.8, 4) is 0 Å². The summed E-state index contributed by atoms with van der Waals surface area (Å²) in [6, 6.07) is 11.3. The summed E-state index contributed by atoms with van der Waals surface area (Å²) < 4.78 is 0. The van der Waals surface area contributed by atoms with Gasteiger partial charge >= 0.3 is 0 Å². The van der Waals surface area contributed by atoms with Gasteiger partial charge in [-0.2, -0.15) is 0 Å². The second kappa shape index (κ2) is 6.77. The predicted octanol–water partition coefficient (Wildman–Crippen LogP) is 2.83. The maximum absolute atomic E-state index is 6.14. The summed E-state index contributed by atoms with van der Waals surface area (Å²) in [5, 5.41) is 3.57. The molecule has 94 valence electrons. The van der Waals surface area contributed by atoms with Gasteiger partial charge in [0.25, 0.3) is 0 Å². The van der Waals surface area contributed by atoms with E-state index in [0.717, 1.165) is 12.8 Å². The molecule has 1 atom stereocenters. The van der Waals surface area contributed by atoms with Crippen molar-refractivity contribution in [3.05, 3.63) is 35.9 Å². The van der Waals surface area contributed by atoms with Gasteiger partial charge in [0.15, 0.2) is 0 Å². The zero-order valence-corrected chi connectivity index (χ0v) is 10.6. The van der Waals surface area contributed by atoms with Crippen LogP contribution in [0.25, 0.3) is 0 Å². The van der Waals surface area contributed by atoms with Crippen molar-refractivity contribution in [3.63, 3.8) is 0 Å². The van der Waals surface area contributed by atoms with Crippen LogP contribution in [0.2, 0.25) is 0 Å². The zero-order valence-electron chi connectivity index (χ0n) is 10.6. The molecular weight excluding hydrogens is 208 g/mol. The standard InChI is InChI=1S/C15H24N2/c16-15(17-14-9-5-2-6-10-14)12-11-13-7-3-1-4-8-13/h1,3-4,7-8,14-15,17H,2,5-6,9-12,16H2. The Morgan fingerprint density at radius 1 is 1.12 bits per heavy atom. The Labute approximate surface area is 105 Å². The van der Waals surface area contributed by atoms with Crippen LogP contribution in [0.15, 0.2) is 30.3 Å². The van der Waals surface area contributed by atoms with Crippen molar-refractivity contribution in [1.82, 2.24) is 5.32 Å². The minimum atomic E-state index is 0.151. The first kappa shape index (κ1) is 12.6. The van der Waals surface area contributed by atoms with Crippen molar-refractivity contribution in [2.75, 3.05) is 0 Å². The topological polar surface area (TPSA) is 38.0 Å². The van der Waals surface area contributed by atoms with Crippen LogP contribution in [0.1, 0.15) is 44.1 Å². The van der Waals surface area contributed by atoms with Gasteiger partial charge in [-0.3, -0.25) is 5.32 Å². The summed E-state index contributed by atoms with van der Waals surface area (Å²) in [6.45, 7) is 0. The van der Waals surface area contributed by atoms with Gasteiger partial charge in [-0.1, -0.05) is 49.6 Å². The van der Waals surface area contributed by atoms with Crippen molar-refractivity contribution < 1.29 is 0 Å². The van der Waals surface area contributed by atoms with E-state index < -0.39 is 0 Å². The molecular formula is C15H24N2. The Balaban J connectivity index is 1.68. The molecule has 1 aromatic rings. The fraction of sp³-hybridized carbons (Fsp3) is 0.600. The van der Waals surface area contributed by atoms with E-state index in [-0.39, 0.29) is 6.17 Å². The number of aryl methyl sites for hydroxylation is 1. The Morgan fingerprint density at radius 2 is 1.82 bits per heavy atom. The van der Waals surface area contributed by atoms with Crippen LogP contribution in [-0.4, -0.2) is 12.2 Å². The molecule has 2 heteroatoms. The number of hydrogen-bond acceptors (Lipinski definition) is 2.